The van der Waals surface area contributed by atoms with Gasteiger partial charge in [-0.1, -0.05) is 0 Å². The number of hydrogen-bond donors (Lipinski definition) is 1. The summed E-state index contributed by atoms with van der Waals surface area (Å²) in [6.07, 6.45) is 4.03. The Morgan fingerprint density at radius 1 is 1.59 bits per heavy atom. The summed E-state index contributed by atoms with van der Waals surface area (Å²) in [7, 11) is 0. The Bertz CT molecular complexity index is 368. The van der Waals surface area contributed by atoms with Gasteiger partial charge in [-0.3, -0.25) is 0 Å². The van der Waals surface area contributed by atoms with Gasteiger partial charge in [0.15, 0.2) is 11.6 Å². The molecule has 4 heteroatoms. The molecule has 0 radical (unpaired) electrons. The van der Waals surface area contributed by atoms with Crippen molar-refractivity contribution in [2.75, 3.05) is 18.1 Å². The molecule has 1 unspecified atom stereocenters. The van der Waals surface area contributed by atoms with Crippen molar-refractivity contribution in [3.05, 3.63) is 18.3 Å². The van der Waals surface area contributed by atoms with Crippen molar-refractivity contribution < 1.29 is 9.84 Å². The lowest BCUT2D eigenvalue weighted by Crippen LogP contribution is -2.33. The van der Waals surface area contributed by atoms with E-state index in [1.54, 1.807) is 6.20 Å². The minimum atomic E-state index is 0.133. The number of rotatable bonds is 4. The largest absolute Gasteiger partial charge is 0.487 e. The molecule has 1 aliphatic heterocycles. The molecule has 0 amide bonds. The first kappa shape index (κ1) is 12.2. The van der Waals surface area contributed by atoms with Crippen LogP contribution in [-0.2, 0) is 0 Å². The van der Waals surface area contributed by atoms with Gasteiger partial charge in [0, 0.05) is 12.7 Å². The number of aliphatic hydroxyl groups is 1. The Kier molecular flexibility index (Phi) is 3.84. The van der Waals surface area contributed by atoms with Crippen LogP contribution in [-0.4, -0.2) is 35.4 Å². The van der Waals surface area contributed by atoms with Crippen LogP contribution in [0, 0.1) is 0 Å². The number of hydrogen-bond acceptors (Lipinski definition) is 4. The molecule has 0 aromatic carbocycles. The molecule has 0 bridgehead atoms. The maximum atomic E-state index is 9.36. The lowest BCUT2D eigenvalue weighted by atomic mass is 10.2. The van der Waals surface area contributed by atoms with Crippen LogP contribution in [0.1, 0.15) is 26.7 Å². The van der Waals surface area contributed by atoms with Crippen molar-refractivity contribution in [3.63, 3.8) is 0 Å². The fraction of sp³-hybridized carbons (Fsp3) is 0.615. The van der Waals surface area contributed by atoms with Gasteiger partial charge in [-0.05, 0) is 38.8 Å². The molecule has 94 valence electrons. The van der Waals surface area contributed by atoms with Crippen LogP contribution >= 0.6 is 0 Å². The second-order valence-corrected chi connectivity index (χ2v) is 4.66. The standard InChI is InChI=1S/C13H20N2O2/c1-10(2)17-12-6-3-7-14-13(12)15-8-4-5-11(15)9-16/h3,6-7,10-11,16H,4-5,8-9H2,1-2H3. The molecule has 1 aromatic rings. The molecule has 4 nitrogen and oxygen atoms in total. The highest BCUT2D eigenvalue weighted by atomic mass is 16.5. The maximum Gasteiger partial charge on any atom is 0.171 e. The van der Waals surface area contributed by atoms with E-state index in [-0.39, 0.29) is 18.8 Å². The number of aliphatic hydroxyl groups excluding tert-OH is 1. The summed E-state index contributed by atoms with van der Waals surface area (Å²) in [4.78, 5) is 6.55. The lowest BCUT2D eigenvalue weighted by molar-refractivity contribution is 0.239. The summed E-state index contributed by atoms with van der Waals surface area (Å²) >= 11 is 0. The molecular weight excluding hydrogens is 216 g/mol. The van der Waals surface area contributed by atoms with Crippen LogP contribution in [0.4, 0.5) is 5.82 Å². The number of pyridine rings is 1. The minimum absolute atomic E-state index is 0.133. The van der Waals surface area contributed by atoms with Gasteiger partial charge in [-0.25, -0.2) is 4.98 Å². The zero-order chi connectivity index (χ0) is 12.3. The molecule has 0 aliphatic carbocycles. The van der Waals surface area contributed by atoms with Gasteiger partial charge in [-0.15, -0.1) is 0 Å². The summed E-state index contributed by atoms with van der Waals surface area (Å²) in [5.74, 6) is 1.67. The van der Waals surface area contributed by atoms with Gasteiger partial charge >= 0.3 is 0 Å². The topological polar surface area (TPSA) is 45.6 Å². The zero-order valence-corrected chi connectivity index (χ0v) is 10.5. The zero-order valence-electron chi connectivity index (χ0n) is 10.5. The van der Waals surface area contributed by atoms with E-state index in [0.717, 1.165) is 31.0 Å². The van der Waals surface area contributed by atoms with Gasteiger partial charge in [0.25, 0.3) is 0 Å². The molecule has 17 heavy (non-hydrogen) atoms. The normalized spacial score (nSPS) is 20.0. The Balaban J connectivity index is 2.24. The molecule has 2 heterocycles. The van der Waals surface area contributed by atoms with Crippen LogP contribution in [0.2, 0.25) is 0 Å². The Morgan fingerprint density at radius 2 is 2.41 bits per heavy atom. The minimum Gasteiger partial charge on any atom is -0.487 e. The first-order chi connectivity index (χ1) is 8.22. The summed E-state index contributed by atoms with van der Waals surface area (Å²) in [6, 6.07) is 4.00. The Morgan fingerprint density at radius 3 is 3.12 bits per heavy atom. The van der Waals surface area contributed by atoms with E-state index in [0.29, 0.717) is 0 Å². The molecule has 2 rings (SSSR count). The van der Waals surface area contributed by atoms with E-state index < -0.39 is 0 Å². The molecule has 0 saturated carbocycles. The van der Waals surface area contributed by atoms with Gasteiger partial charge in [0.2, 0.25) is 0 Å². The molecule has 1 saturated heterocycles. The van der Waals surface area contributed by atoms with Crippen molar-refractivity contribution >= 4 is 5.82 Å². The quantitative estimate of drug-likeness (QED) is 0.866. The third-order valence-electron chi connectivity index (χ3n) is 2.97. The Labute approximate surface area is 102 Å². The number of nitrogens with zero attached hydrogens (tertiary/aromatic N) is 2. The van der Waals surface area contributed by atoms with E-state index in [1.807, 2.05) is 26.0 Å². The van der Waals surface area contributed by atoms with Gasteiger partial charge < -0.3 is 14.7 Å². The summed E-state index contributed by atoms with van der Waals surface area (Å²) in [5, 5.41) is 9.36. The first-order valence-electron chi connectivity index (χ1n) is 6.21. The molecule has 0 spiro atoms. The van der Waals surface area contributed by atoms with E-state index >= 15 is 0 Å². The van der Waals surface area contributed by atoms with Crippen LogP contribution in [0.25, 0.3) is 0 Å². The molecule has 1 aliphatic rings. The number of anilines is 1. The first-order valence-corrected chi connectivity index (χ1v) is 6.21. The second kappa shape index (κ2) is 5.36. The fourth-order valence-corrected chi connectivity index (χ4v) is 2.25. The maximum absolute atomic E-state index is 9.36. The molecular formula is C13H20N2O2. The van der Waals surface area contributed by atoms with Crippen LogP contribution in [0.5, 0.6) is 5.75 Å². The third-order valence-corrected chi connectivity index (χ3v) is 2.97. The summed E-state index contributed by atoms with van der Waals surface area (Å²) in [6.45, 7) is 5.13. The van der Waals surface area contributed by atoms with Gasteiger partial charge in [-0.2, -0.15) is 0 Å². The number of aromatic nitrogens is 1. The molecule has 1 atom stereocenters. The average Bonchev–Trinajstić information content (AvgIpc) is 2.77. The molecule has 1 fully saturated rings. The second-order valence-electron chi connectivity index (χ2n) is 4.66. The summed E-state index contributed by atoms with van der Waals surface area (Å²) in [5.41, 5.74) is 0. The Hall–Kier alpha value is -1.29. The SMILES string of the molecule is CC(C)Oc1cccnc1N1CCCC1CO. The van der Waals surface area contributed by atoms with E-state index in [9.17, 15) is 5.11 Å². The van der Waals surface area contributed by atoms with E-state index in [2.05, 4.69) is 9.88 Å². The predicted octanol–water partition coefficient (Wildman–Crippen LogP) is 1.83. The van der Waals surface area contributed by atoms with Crippen molar-refractivity contribution in [1.29, 1.82) is 0 Å². The van der Waals surface area contributed by atoms with E-state index in [4.69, 9.17) is 4.74 Å². The van der Waals surface area contributed by atoms with Crippen molar-refractivity contribution in [2.24, 2.45) is 0 Å². The molecule has 1 aromatic heterocycles. The summed E-state index contributed by atoms with van der Waals surface area (Å²) < 4.78 is 5.76. The lowest BCUT2D eigenvalue weighted by Gasteiger charge is -2.26. The van der Waals surface area contributed by atoms with Crippen molar-refractivity contribution in [1.82, 2.24) is 4.98 Å². The van der Waals surface area contributed by atoms with Crippen LogP contribution < -0.4 is 9.64 Å². The highest BCUT2D eigenvalue weighted by Crippen LogP contribution is 2.31. The smallest absolute Gasteiger partial charge is 0.171 e. The third kappa shape index (κ3) is 2.69. The molecule has 1 N–H and O–H groups in total. The fourth-order valence-electron chi connectivity index (χ4n) is 2.25. The number of ether oxygens (including phenoxy) is 1. The van der Waals surface area contributed by atoms with Crippen LogP contribution in [0.3, 0.4) is 0 Å². The average molecular weight is 236 g/mol. The van der Waals surface area contributed by atoms with Crippen LogP contribution in [0.15, 0.2) is 18.3 Å². The van der Waals surface area contributed by atoms with Crippen molar-refractivity contribution in [3.8, 4) is 5.75 Å². The monoisotopic (exact) mass is 236 g/mol. The van der Waals surface area contributed by atoms with Gasteiger partial charge in [0.1, 0.15) is 0 Å². The van der Waals surface area contributed by atoms with E-state index in [1.165, 1.54) is 0 Å². The highest BCUT2D eigenvalue weighted by molar-refractivity contribution is 5.53. The van der Waals surface area contributed by atoms with Crippen molar-refractivity contribution in [2.45, 2.75) is 38.8 Å². The van der Waals surface area contributed by atoms with Gasteiger partial charge in [0.05, 0.1) is 18.8 Å². The predicted molar refractivity (Wildman–Crippen MR) is 67.5 cm³/mol. The highest BCUT2D eigenvalue weighted by Gasteiger charge is 2.27.